The molecule has 3 N–H and O–H groups in total. The molecule has 0 aliphatic heterocycles. The van der Waals surface area contributed by atoms with Gasteiger partial charge in [0.15, 0.2) is 0 Å². The predicted molar refractivity (Wildman–Crippen MR) is 72.0 cm³/mol. The average Bonchev–Trinajstić information content (AvgIpc) is 2.28. The van der Waals surface area contributed by atoms with Crippen LogP contribution in [0.15, 0.2) is 28.9 Å². The lowest BCUT2D eigenvalue weighted by Crippen LogP contribution is -2.13. The van der Waals surface area contributed by atoms with Crippen molar-refractivity contribution in [3.63, 3.8) is 0 Å². The first-order valence-electron chi connectivity index (χ1n) is 4.90. The fourth-order valence-electron chi connectivity index (χ4n) is 1.52. The average molecular weight is 301 g/mol. The van der Waals surface area contributed by atoms with Crippen molar-refractivity contribution in [1.82, 2.24) is 4.98 Å². The largest absolute Gasteiger partial charge is 0.382 e. The van der Waals surface area contributed by atoms with E-state index in [9.17, 15) is 0 Å². The zero-order valence-corrected chi connectivity index (χ0v) is 10.8. The highest BCUT2D eigenvalue weighted by Gasteiger charge is 2.06. The molecule has 2 aromatic rings. The van der Waals surface area contributed by atoms with Crippen molar-refractivity contribution in [3.05, 3.63) is 33.9 Å². The number of hydrogen-bond acceptors (Lipinski definition) is 3. The van der Waals surface area contributed by atoms with Gasteiger partial charge < -0.3 is 11.1 Å². The Labute approximate surface area is 107 Å². The van der Waals surface area contributed by atoms with E-state index in [-0.39, 0.29) is 0 Å². The van der Waals surface area contributed by atoms with Crippen molar-refractivity contribution in [2.75, 3.05) is 18.4 Å². The zero-order valence-electron chi connectivity index (χ0n) is 8.50. The molecule has 2 rings (SSSR count). The molecule has 0 bridgehead atoms. The highest BCUT2D eigenvalue weighted by Crippen LogP contribution is 2.31. The molecule has 84 valence electrons. The van der Waals surface area contributed by atoms with E-state index in [1.54, 1.807) is 6.20 Å². The minimum atomic E-state index is 0.564. The summed E-state index contributed by atoms with van der Waals surface area (Å²) < 4.78 is 1.000. The topological polar surface area (TPSA) is 50.9 Å². The molecule has 0 aliphatic carbocycles. The molecular weight excluding hydrogens is 289 g/mol. The van der Waals surface area contributed by atoms with Gasteiger partial charge in [0.1, 0.15) is 0 Å². The van der Waals surface area contributed by atoms with E-state index in [1.165, 1.54) is 0 Å². The Morgan fingerprint density at radius 2 is 2.25 bits per heavy atom. The van der Waals surface area contributed by atoms with Crippen LogP contribution in [0.5, 0.6) is 0 Å². The molecule has 3 nitrogen and oxygen atoms in total. The molecule has 0 saturated heterocycles. The van der Waals surface area contributed by atoms with E-state index in [4.69, 9.17) is 17.3 Å². The minimum Gasteiger partial charge on any atom is -0.382 e. The first-order chi connectivity index (χ1) is 7.72. The number of pyridine rings is 1. The number of hydrogen-bond donors (Lipinski definition) is 2. The van der Waals surface area contributed by atoms with Gasteiger partial charge in [-0.15, -0.1) is 0 Å². The van der Waals surface area contributed by atoms with Crippen LogP contribution < -0.4 is 11.1 Å². The zero-order chi connectivity index (χ0) is 11.5. The second kappa shape index (κ2) is 4.99. The number of rotatable bonds is 3. The number of anilines is 1. The fourth-order valence-corrected chi connectivity index (χ4v) is 2.10. The van der Waals surface area contributed by atoms with Gasteiger partial charge in [-0.25, -0.2) is 0 Å². The molecule has 0 spiro atoms. The summed E-state index contributed by atoms with van der Waals surface area (Å²) >= 11 is 9.55. The van der Waals surface area contributed by atoms with E-state index in [0.717, 1.165) is 21.1 Å². The van der Waals surface area contributed by atoms with Crippen LogP contribution in [0.4, 0.5) is 5.69 Å². The quantitative estimate of drug-likeness (QED) is 0.916. The maximum absolute atomic E-state index is 6.11. The number of nitrogens with zero attached hydrogens (tertiary/aromatic N) is 1. The molecule has 1 heterocycles. The molecule has 0 saturated carbocycles. The lowest BCUT2D eigenvalue weighted by Gasteiger charge is -2.10. The molecule has 0 unspecified atom stereocenters. The number of nitrogens with one attached hydrogen (secondary N) is 1. The smallest absolute Gasteiger partial charge is 0.0827 e. The summed E-state index contributed by atoms with van der Waals surface area (Å²) in [7, 11) is 0. The van der Waals surface area contributed by atoms with Crippen molar-refractivity contribution in [2.45, 2.75) is 0 Å². The summed E-state index contributed by atoms with van der Waals surface area (Å²) in [6, 6.07) is 5.90. The Morgan fingerprint density at radius 1 is 1.44 bits per heavy atom. The minimum absolute atomic E-state index is 0.564. The number of aromatic nitrogens is 1. The molecule has 1 aromatic carbocycles. The predicted octanol–water partition coefficient (Wildman–Crippen LogP) is 3.02. The van der Waals surface area contributed by atoms with Crippen molar-refractivity contribution in [1.29, 1.82) is 0 Å². The molecule has 0 radical (unpaired) electrons. The first-order valence-corrected chi connectivity index (χ1v) is 6.07. The van der Waals surface area contributed by atoms with E-state index in [1.807, 2.05) is 18.2 Å². The van der Waals surface area contributed by atoms with Gasteiger partial charge in [-0.2, -0.15) is 0 Å². The summed E-state index contributed by atoms with van der Waals surface area (Å²) in [6.45, 7) is 1.25. The van der Waals surface area contributed by atoms with Crippen LogP contribution in [0, 0.1) is 0 Å². The van der Waals surface area contributed by atoms with E-state index in [2.05, 4.69) is 26.2 Å². The van der Waals surface area contributed by atoms with Gasteiger partial charge in [0.05, 0.1) is 16.2 Å². The van der Waals surface area contributed by atoms with Crippen LogP contribution in [0.2, 0.25) is 5.02 Å². The highest BCUT2D eigenvalue weighted by atomic mass is 79.9. The Bertz CT molecular complexity index is 511. The molecule has 5 heteroatoms. The number of fused-ring (bicyclic) bond motifs is 1. The lowest BCUT2D eigenvalue weighted by molar-refractivity contribution is 1.03. The van der Waals surface area contributed by atoms with Crippen molar-refractivity contribution >= 4 is 44.1 Å². The van der Waals surface area contributed by atoms with Crippen LogP contribution in [0.1, 0.15) is 0 Å². The SMILES string of the molecule is NCCNc1c(Cl)cnc2ccc(Br)cc12. The molecule has 0 fully saturated rings. The molecule has 0 atom stereocenters. The maximum atomic E-state index is 6.11. The molecule has 1 aromatic heterocycles. The van der Waals surface area contributed by atoms with Crippen LogP contribution in [0.25, 0.3) is 10.9 Å². The monoisotopic (exact) mass is 299 g/mol. The van der Waals surface area contributed by atoms with E-state index >= 15 is 0 Å². The standard InChI is InChI=1S/C11H11BrClN3/c12-7-1-2-10-8(5-7)11(15-4-3-14)9(13)6-16-10/h1-2,5-6H,3-4,14H2,(H,15,16). The summed E-state index contributed by atoms with van der Waals surface area (Å²) in [5.74, 6) is 0. The van der Waals surface area contributed by atoms with Crippen LogP contribution >= 0.6 is 27.5 Å². The highest BCUT2D eigenvalue weighted by molar-refractivity contribution is 9.10. The van der Waals surface area contributed by atoms with Gasteiger partial charge in [-0.3, -0.25) is 4.98 Å². The van der Waals surface area contributed by atoms with Gasteiger partial charge in [0.2, 0.25) is 0 Å². The van der Waals surface area contributed by atoms with Crippen LogP contribution in [-0.4, -0.2) is 18.1 Å². The normalized spacial score (nSPS) is 10.7. The molecular formula is C11H11BrClN3. The number of nitrogens with two attached hydrogens (primary N) is 1. The molecule has 0 aliphatic rings. The first kappa shape index (κ1) is 11.6. The van der Waals surface area contributed by atoms with E-state index < -0.39 is 0 Å². The lowest BCUT2D eigenvalue weighted by atomic mass is 10.2. The third-order valence-corrected chi connectivity index (χ3v) is 3.01. The summed E-state index contributed by atoms with van der Waals surface area (Å²) in [5, 5.41) is 4.82. The third kappa shape index (κ3) is 2.29. The Balaban J connectivity index is 2.58. The van der Waals surface area contributed by atoms with Gasteiger partial charge in [-0.05, 0) is 18.2 Å². The van der Waals surface area contributed by atoms with Gasteiger partial charge in [0.25, 0.3) is 0 Å². The summed E-state index contributed by atoms with van der Waals surface area (Å²) in [4.78, 5) is 4.27. The van der Waals surface area contributed by atoms with Crippen molar-refractivity contribution in [3.8, 4) is 0 Å². The Hall–Kier alpha value is -0.840. The second-order valence-corrected chi connectivity index (χ2v) is 4.68. The number of benzene rings is 1. The van der Waals surface area contributed by atoms with E-state index in [0.29, 0.717) is 18.1 Å². The Kier molecular flexibility index (Phi) is 3.63. The van der Waals surface area contributed by atoms with Crippen LogP contribution in [-0.2, 0) is 0 Å². The second-order valence-electron chi connectivity index (χ2n) is 3.36. The van der Waals surface area contributed by atoms with Crippen LogP contribution in [0.3, 0.4) is 0 Å². The number of halogens is 2. The molecule has 16 heavy (non-hydrogen) atoms. The summed E-state index contributed by atoms with van der Waals surface area (Å²) in [5.41, 5.74) is 7.27. The van der Waals surface area contributed by atoms with Gasteiger partial charge in [-0.1, -0.05) is 27.5 Å². The Morgan fingerprint density at radius 3 is 3.00 bits per heavy atom. The van der Waals surface area contributed by atoms with Gasteiger partial charge in [0, 0.05) is 29.1 Å². The maximum Gasteiger partial charge on any atom is 0.0827 e. The third-order valence-electron chi connectivity index (χ3n) is 2.23. The summed E-state index contributed by atoms with van der Waals surface area (Å²) in [6.07, 6.45) is 1.65. The van der Waals surface area contributed by atoms with Crippen molar-refractivity contribution in [2.24, 2.45) is 5.73 Å². The van der Waals surface area contributed by atoms with Gasteiger partial charge >= 0.3 is 0 Å². The molecule has 0 amide bonds. The fraction of sp³-hybridized carbons (Fsp3) is 0.182. The van der Waals surface area contributed by atoms with Crippen molar-refractivity contribution < 1.29 is 0 Å².